The first-order valence-corrected chi connectivity index (χ1v) is 14.3. The van der Waals surface area contributed by atoms with Crippen LogP contribution in [0.5, 0.6) is 5.75 Å². The van der Waals surface area contributed by atoms with Gasteiger partial charge >= 0.3 is 24.2 Å². The molecule has 46 heavy (non-hydrogen) atoms. The number of nitrogens with zero attached hydrogens (tertiary/aromatic N) is 2. The lowest BCUT2D eigenvalue weighted by molar-refractivity contribution is -0.153. The van der Waals surface area contributed by atoms with Crippen molar-refractivity contribution in [3.8, 4) is 5.75 Å². The number of esters is 1. The molecule has 250 valence electrons. The molecular formula is C30H34F5N5O6. The highest BCUT2D eigenvalue weighted by atomic mass is 19.4. The van der Waals surface area contributed by atoms with E-state index in [4.69, 9.17) is 14.2 Å². The van der Waals surface area contributed by atoms with E-state index in [-0.39, 0.29) is 41.8 Å². The van der Waals surface area contributed by atoms with Gasteiger partial charge in [0.1, 0.15) is 11.8 Å². The number of imide groups is 1. The third kappa shape index (κ3) is 8.42. The summed E-state index contributed by atoms with van der Waals surface area (Å²) in [6, 6.07) is 6.06. The minimum Gasteiger partial charge on any atom is -0.482 e. The second kappa shape index (κ2) is 15.2. The highest BCUT2D eigenvalue weighted by Gasteiger charge is 2.43. The Labute approximate surface area is 261 Å². The first-order valence-electron chi connectivity index (χ1n) is 14.3. The van der Waals surface area contributed by atoms with Gasteiger partial charge in [-0.05, 0) is 42.7 Å². The highest BCUT2D eigenvalue weighted by molar-refractivity contribution is 6.01. The summed E-state index contributed by atoms with van der Waals surface area (Å²) in [5, 5.41) is 8.36. The summed E-state index contributed by atoms with van der Waals surface area (Å²) in [5.74, 6) is -3.16. The lowest BCUT2D eigenvalue weighted by Crippen LogP contribution is -2.56. The number of alkyl halides is 3. The van der Waals surface area contributed by atoms with Crippen molar-refractivity contribution in [1.82, 2.24) is 20.9 Å². The zero-order valence-electron chi connectivity index (χ0n) is 25.1. The van der Waals surface area contributed by atoms with Crippen molar-refractivity contribution in [2.45, 2.75) is 31.1 Å². The van der Waals surface area contributed by atoms with Crippen molar-refractivity contribution in [2.75, 3.05) is 58.5 Å². The van der Waals surface area contributed by atoms with Crippen molar-refractivity contribution in [3.63, 3.8) is 0 Å². The van der Waals surface area contributed by atoms with Crippen LogP contribution in [0, 0.1) is 11.6 Å². The zero-order chi connectivity index (χ0) is 33.4. The predicted molar refractivity (Wildman–Crippen MR) is 155 cm³/mol. The molecule has 0 aromatic heterocycles. The lowest BCUT2D eigenvalue weighted by atomic mass is 9.93. The van der Waals surface area contributed by atoms with Crippen molar-refractivity contribution in [3.05, 3.63) is 70.9 Å². The van der Waals surface area contributed by atoms with Gasteiger partial charge in [-0.15, -0.1) is 0 Å². The van der Waals surface area contributed by atoms with Crippen LogP contribution in [-0.4, -0.2) is 88.8 Å². The van der Waals surface area contributed by atoms with Gasteiger partial charge in [-0.25, -0.2) is 28.1 Å². The topological polar surface area (TPSA) is 121 Å². The molecule has 0 bridgehead atoms. The quantitative estimate of drug-likeness (QED) is 0.189. The number of piperidine rings is 1. The Morgan fingerprint density at radius 3 is 2.39 bits per heavy atom. The number of halogens is 5. The van der Waals surface area contributed by atoms with E-state index in [0.717, 1.165) is 25.3 Å². The average molecular weight is 656 g/mol. The molecule has 2 aliphatic rings. The fourth-order valence-corrected chi connectivity index (χ4v) is 5.33. The van der Waals surface area contributed by atoms with Gasteiger partial charge in [0.05, 0.1) is 30.7 Å². The SMILES string of the molecule is COCC1=C(C(=O)OC)[C@H](c2ccc(F)c(F)c2)N(C(=O)NCCNC2CCN(c3ccccc3OCC(F)(F)F)CC2)C(=O)N1. The molecule has 1 saturated heterocycles. The number of hydrogen-bond acceptors (Lipinski definition) is 8. The van der Waals surface area contributed by atoms with Gasteiger partial charge in [-0.3, -0.25) is 0 Å². The van der Waals surface area contributed by atoms with Crippen LogP contribution in [0.2, 0.25) is 0 Å². The van der Waals surface area contributed by atoms with E-state index in [1.165, 1.54) is 13.2 Å². The number of rotatable bonds is 11. The maximum atomic E-state index is 14.2. The number of hydrogen-bond donors (Lipinski definition) is 3. The van der Waals surface area contributed by atoms with Crippen LogP contribution in [0.3, 0.4) is 0 Å². The van der Waals surface area contributed by atoms with Crippen LogP contribution in [0.4, 0.5) is 37.2 Å². The second-order valence-electron chi connectivity index (χ2n) is 10.5. The number of amides is 4. The summed E-state index contributed by atoms with van der Waals surface area (Å²) >= 11 is 0. The smallest absolute Gasteiger partial charge is 0.422 e. The number of carbonyl (C=O) groups is 3. The number of ether oxygens (including phenoxy) is 3. The second-order valence-corrected chi connectivity index (χ2v) is 10.5. The molecule has 2 heterocycles. The fourth-order valence-electron chi connectivity index (χ4n) is 5.33. The summed E-state index contributed by atoms with van der Waals surface area (Å²) in [6.07, 6.45) is -3.14. The highest BCUT2D eigenvalue weighted by Crippen LogP contribution is 2.35. The number of para-hydroxylation sites is 2. The maximum Gasteiger partial charge on any atom is 0.422 e. The van der Waals surface area contributed by atoms with Crippen LogP contribution >= 0.6 is 0 Å². The minimum atomic E-state index is -4.45. The minimum absolute atomic E-state index is 0.000630. The summed E-state index contributed by atoms with van der Waals surface area (Å²) in [6.45, 7) is -0.172. The van der Waals surface area contributed by atoms with Gasteiger partial charge in [0.25, 0.3) is 0 Å². The Morgan fingerprint density at radius 2 is 1.74 bits per heavy atom. The fraction of sp³-hybridized carbons (Fsp3) is 0.433. The molecule has 0 radical (unpaired) electrons. The molecule has 1 atom stereocenters. The van der Waals surface area contributed by atoms with E-state index in [9.17, 15) is 36.3 Å². The zero-order valence-corrected chi connectivity index (χ0v) is 25.1. The van der Waals surface area contributed by atoms with Gasteiger partial charge < -0.3 is 35.1 Å². The van der Waals surface area contributed by atoms with E-state index in [1.54, 1.807) is 18.2 Å². The molecule has 3 N–H and O–H groups in total. The van der Waals surface area contributed by atoms with Crippen molar-refractivity contribution in [1.29, 1.82) is 0 Å². The Morgan fingerprint density at radius 1 is 1.02 bits per heavy atom. The molecule has 0 spiro atoms. The molecule has 4 rings (SSSR count). The molecule has 4 amide bonds. The number of urea groups is 2. The molecule has 2 aromatic carbocycles. The van der Waals surface area contributed by atoms with E-state index >= 15 is 0 Å². The standard InChI is InChI=1S/C30H34F5N5O6/c1-44-16-22-25(27(41)45-2)26(18-7-8-20(31)21(32)15-18)40(29(43)38-22)28(42)37-12-11-36-19-9-13-39(14-10-19)23-5-3-4-6-24(23)46-17-30(33,34)35/h3-8,15,19,26,36H,9-14,16-17H2,1-2H3,(H,37,42)(H,38,43)/t26-/m0/s1. The molecule has 1 fully saturated rings. The molecule has 0 saturated carbocycles. The van der Waals surface area contributed by atoms with E-state index in [1.807, 2.05) is 4.90 Å². The van der Waals surface area contributed by atoms with E-state index in [0.29, 0.717) is 43.1 Å². The van der Waals surface area contributed by atoms with Crippen LogP contribution in [0.15, 0.2) is 53.7 Å². The Kier molecular flexibility index (Phi) is 11.4. The van der Waals surface area contributed by atoms with Crippen LogP contribution < -0.4 is 25.6 Å². The van der Waals surface area contributed by atoms with Gasteiger partial charge in [0.15, 0.2) is 18.2 Å². The van der Waals surface area contributed by atoms with Gasteiger partial charge in [0, 0.05) is 39.3 Å². The first-order chi connectivity index (χ1) is 21.9. The maximum absolute atomic E-state index is 14.2. The molecule has 2 aromatic rings. The van der Waals surface area contributed by atoms with Gasteiger partial charge in [0.2, 0.25) is 0 Å². The van der Waals surface area contributed by atoms with Crippen LogP contribution in [-0.2, 0) is 14.3 Å². The van der Waals surface area contributed by atoms with Crippen LogP contribution in [0.1, 0.15) is 24.4 Å². The van der Waals surface area contributed by atoms with Gasteiger partial charge in [-0.2, -0.15) is 13.2 Å². The monoisotopic (exact) mass is 655 g/mol. The summed E-state index contributed by atoms with van der Waals surface area (Å²) in [7, 11) is 2.42. The molecular weight excluding hydrogens is 621 g/mol. The molecule has 0 aliphatic carbocycles. The Bertz CT molecular complexity index is 1450. The Hall–Kier alpha value is -4.44. The van der Waals surface area contributed by atoms with Crippen molar-refractivity contribution < 1.29 is 50.5 Å². The largest absolute Gasteiger partial charge is 0.482 e. The summed E-state index contributed by atoms with van der Waals surface area (Å²) < 4.78 is 81.0. The average Bonchev–Trinajstić information content (AvgIpc) is 3.03. The summed E-state index contributed by atoms with van der Waals surface area (Å²) in [5.41, 5.74) is 0.330. The van der Waals surface area contributed by atoms with E-state index < -0.39 is 48.5 Å². The number of anilines is 1. The number of nitrogens with one attached hydrogen (secondary N) is 3. The number of benzene rings is 2. The molecule has 11 nitrogen and oxygen atoms in total. The molecule has 0 unspecified atom stereocenters. The third-order valence-electron chi connectivity index (χ3n) is 7.43. The summed E-state index contributed by atoms with van der Waals surface area (Å²) in [4.78, 5) is 41.9. The van der Waals surface area contributed by atoms with Crippen LogP contribution in [0.25, 0.3) is 0 Å². The number of carbonyl (C=O) groups excluding carboxylic acids is 3. The predicted octanol–water partition coefficient (Wildman–Crippen LogP) is 4.01. The number of methoxy groups -OCH3 is 2. The van der Waals surface area contributed by atoms with Crippen molar-refractivity contribution >= 4 is 23.7 Å². The van der Waals surface area contributed by atoms with Gasteiger partial charge in [-0.1, -0.05) is 18.2 Å². The van der Waals surface area contributed by atoms with E-state index in [2.05, 4.69) is 16.0 Å². The molecule has 16 heteroatoms. The normalized spacial score (nSPS) is 17.5. The van der Waals surface area contributed by atoms with Crippen molar-refractivity contribution in [2.24, 2.45) is 0 Å². The lowest BCUT2D eigenvalue weighted by Gasteiger charge is -2.37. The first kappa shape index (κ1) is 34.4. The Balaban J connectivity index is 1.37. The third-order valence-corrected chi connectivity index (χ3v) is 7.43. The molecule has 2 aliphatic heterocycles.